The van der Waals surface area contributed by atoms with E-state index in [2.05, 4.69) is 21.9 Å². The summed E-state index contributed by atoms with van der Waals surface area (Å²) < 4.78 is 1.89. The van der Waals surface area contributed by atoms with Crippen molar-refractivity contribution in [2.45, 2.75) is 11.8 Å². The molecule has 0 aliphatic carbocycles. The standard InChI is InChI=1S/C17H16N4OS/c1-11-19-20-17(12-7-4-5-9-14(12)22)21(11)13-8-6-10-15(23-3)16(13)18-2/h4-10,22H,2H2,1,3H3. The molecule has 3 aromatic rings. The van der Waals surface area contributed by atoms with Crippen LogP contribution >= 0.6 is 11.8 Å². The molecule has 0 spiro atoms. The minimum Gasteiger partial charge on any atom is -0.507 e. The quantitative estimate of drug-likeness (QED) is 0.582. The van der Waals surface area contributed by atoms with E-state index in [4.69, 9.17) is 0 Å². The molecular formula is C17H16N4OS. The zero-order valence-corrected chi connectivity index (χ0v) is 13.7. The Balaban J connectivity index is 2.29. The van der Waals surface area contributed by atoms with Gasteiger partial charge >= 0.3 is 0 Å². The lowest BCUT2D eigenvalue weighted by Gasteiger charge is -2.14. The van der Waals surface area contributed by atoms with Crippen LogP contribution in [0.25, 0.3) is 17.1 Å². The number of rotatable bonds is 4. The molecule has 1 N–H and O–H groups in total. The molecule has 0 saturated carbocycles. The molecule has 2 aromatic carbocycles. The highest BCUT2D eigenvalue weighted by Crippen LogP contribution is 2.37. The predicted octanol–water partition coefficient (Wildman–Crippen LogP) is 4.00. The number of hydrogen-bond donors (Lipinski definition) is 1. The van der Waals surface area contributed by atoms with E-state index < -0.39 is 0 Å². The van der Waals surface area contributed by atoms with Gasteiger partial charge in [0.25, 0.3) is 0 Å². The van der Waals surface area contributed by atoms with E-state index in [1.165, 1.54) is 0 Å². The summed E-state index contributed by atoms with van der Waals surface area (Å²) in [5.74, 6) is 1.45. The van der Waals surface area contributed by atoms with Crippen LogP contribution in [0.1, 0.15) is 5.82 Å². The lowest BCUT2D eigenvalue weighted by Crippen LogP contribution is -2.01. The van der Waals surface area contributed by atoms with Crippen LogP contribution in [-0.2, 0) is 0 Å². The Bertz CT molecular complexity index is 873. The van der Waals surface area contributed by atoms with E-state index in [9.17, 15) is 5.11 Å². The molecule has 1 aromatic heterocycles. The summed E-state index contributed by atoms with van der Waals surface area (Å²) in [5.41, 5.74) is 2.24. The highest BCUT2D eigenvalue weighted by atomic mass is 32.2. The maximum Gasteiger partial charge on any atom is 0.172 e. The van der Waals surface area contributed by atoms with Crippen LogP contribution in [0.4, 0.5) is 5.69 Å². The Morgan fingerprint density at radius 2 is 1.91 bits per heavy atom. The number of para-hydroxylation sites is 2. The van der Waals surface area contributed by atoms with Gasteiger partial charge in [-0.1, -0.05) is 18.2 Å². The molecule has 0 aliphatic rings. The Hall–Kier alpha value is -2.60. The van der Waals surface area contributed by atoms with Gasteiger partial charge in [0, 0.05) is 4.90 Å². The number of nitrogens with zero attached hydrogens (tertiary/aromatic N) is 4. The molecule has 0 fully saturated rings. The van der Waals surface area contributed by atoms with Gasteiger partial charge in [-0.3, -0.25) is 9.56 Å². The summed E-state index contributed by atoms with van der Waals surface area (Å²) in [6, 6.07) is 13.0. The summed E-state index contributed by atoms with van der Waals surface area (Å²) >= 11 is 1.60. The zero-order chi connectivity index (χ0) is 16.4. The van der Waals surface area contributed by atoms with Crippen LogP contribution in [0.5, 0.6) is 5.75 Å². The molecule has 1 heterocycles. The van der Waals surface area contributed by atoms with Gasteiger partial charge in [0.1, 0.15) is 11.6 Å². The fourth-order valence-corrected chi connectivity index (χ4v) is 3.08. The molecule has 6 heteroatoms. The molecule has 5 nitrogen and oxygen atoms in total. The third-order valence-electron chi connectivity index (χ3n) is 3.57. The summed E-state index contributed by atoms with van der Waals surface area (Å²) in [6.07, 6.45) is 2.00. The van der Waals surface area contributed by atoms with Crippen molar-refractivity contribution in [3.8, 4) is 22.8 Å². The molecule has 0 radical (unpaired) electrons. The first-order valence-electron chi connectivity index (χ1n) is 7.02. The summed E-state index contributed by atoms with van der Waals surface area (Å²) in [4.78, 5) is 5.21. The van der Waals surface area contributed by atoms with Crippen molar-refractivity contribution in [1.82, 2.24) is 14.8 Å². The van der Waals surface area contributed by atoms with Crippen molar-refractivity contribution in [3.05, 3.63) is 48.3 Å². The summed E-state index contributed by atoms with van der Waals surface area (Å²) in [5, 5.41) is 18.6. The van der Waals surface area contributed by atoms with E-state index >= 15 is 0 Å². The lowest BCUT2D eigenvalue weighted by atomic mass is 10.1. The van der Waals surface area contributed by atoms with Crippen molar-refractivity contribution in [2.75, 3.05) is 6.26 Å². The average molecular weight is 324 g/mol. The summed E-state index contributed by atoms with van der Waals surface area (Å²) in [7, 11) is 0. The van der Waals surface area contributed by atoms with E-state index in [1.54, 1.807) is 23.9 Å². The van der Waals surface area contributed by atoms with E-state index in [1.807, 2.05) is 48.1 Å². The van der Waals surface area contributed by atoms with Crippen LogP contribution in [0.3, 0.4) is 0 Å². The molecule has 3 rings (SSSR count). The van der Waals surface area contributed by atoms with E-state index in [0.717, 1.165) is 16.3 Å². The second-order valence-electron chi connectivity index (χ2n) is 4.91. The van der Waals surface area contributed by atoms with E-state index in [0.29, 0.717) is 17.2 Å². The molecular weight excluding hydrogens is 308 g/mol. The number of benzene rings is 2. The second-order valence-corrected chi connectivity index (χ2v) is 5.76. The summed E-state index contributed by atoms with van der Waals surface area (Å²) in [6.45, 7) is 5.56. The van der Waals surface area contributed by atoms with Crippen molar-refractivity contribution < 1.29 is 5.11 Å². The van der Waals surface area contributed by atoms with Crippen molar-refractivity contribution in [1.29, 1.82) is 0 Å². The third-order valence-corrected chi connectivity index (χ3v) is 4.34. The predicted molar refractivity (Wildman–Crippen MR) is 94.2 cm³/mol. The first-order chi connectivity index (χ1) is 11.2. The number of thioether (sulfide) groups is 1. The molecule has 0 aliphatic heterocycles. The van der Waals surface area contributed by atoms with Gasteiger partial charge in [-0.15, -0.1) is 22.0 Å². The first-order valence-corrected chi connectivity index (χ1v) is 8.24. The topological polar surface area (TPSA) is 63.3 Å². The number of aromatic hydroxyl groups is 1. The molecule has 0 atom stereocenters. The Morgan fingerprint density at radius 1 is 1.13 bits per heavy atom. The molecule has 0 amide bonds. The van der Waals surface area contributed by atoms with Gasteiger partial charge < -0.3 is 5.11 Å². The normalized spacial score (nSPS) is 10.7. The van der Waals surface area contributed by atoms with Crippen LogP contribution in [0.2, 0.25) is 0 Å². The number of hydrogen-bond acceptors (Lipinski definition) is 5. The number of aryl methyl sites for hydroxylation is 1. The smallest absolute Gasteiger partial charge is 0.172 e. The lowest BCUT2D eigenvalue weighted by molar-refractivity contribution is 0.476. The molecule has 116 valence electrons. The Kier molecular flexibility index (Phi) is 4.16. The van der Waals surface area contributed by atoms with E-state index in [-0.39, 0.29) is 5.75 Å². The van der Waals surface area contributed by atoms with Gasteiger partial charge in [0.15, 0.2) is 5.82 Å². The fourth-order valence-electron chi connectivity index (χ4n) is 2.50. The van der Waals surface area contributed by atoms with Crippen LogP contribution in [0.15, 0.2) is 52.4 Å². The molecule has 0 unspecified atom stereocenters. The maximum atomic E-state index is 10.2. The minimum absolute atomic E-state index is 0.162. The van der Waals surface area contributed by atoms with Gasteiger partial charge in [0.2, 0.25) is 0 Å². The average Bonchev–Trinajstić information content (AvgIpc) is 2.95. The van der Waals surface area contributed by atoms with Gasteiger partial charge in [-0.25, -0.2) is 0 Å². The number of phenols is 1. The Labute approximate surface area is 138 Å². The first kappa shape index (κ1) is 15.3. The molecule has 0 saturated heterocycles. The third kappa shape index (κ3) is 2.61. The second kappa shape index (κ2) is 6.26. The monoisotopic (exact) mass is 324 g/mol. The van der Waals surface area contributed by atoms with Crippen molar-refractivity contribution >= 4 is 24.2 Å². The van der Waals surface area contributed by atoms with Crippen molar-refractivity contribution in [2.24, 2.45) is 4.99 Å². The fraction of sp³-hybridized carbons (Fsp3) is 0.118. The van der Waals surface area contributed by atoms with Crippen LogP contribution < -0.4 is 0 Å². The van der Waals surface area contributed by atoms with Crippen LogP contribution in [0, 0.1) is 6.92 Å². The SMILES string of the molecule is C=Nc1c(SC)cccc1-n1c(C)nnc1-c1ccccc1O. The van der Waals surface area contributed by atoms with Crippen molar-refractivity contribution in [3.63, 3.8) is 0 Å². The largest absolute Gasteiger partial charge is 0.507 e. The van der Waals surface area contributed by atoms with Gasteiger partial charge in [-0.05, 0) is 44.2 Å². The van der Waals surface area contributed by atoms with Gasteiger partial charge in [0.05, 0.1) is 16.9 Å². The van der Waals surface area contributed by atoms with Gasteiger partial charge in [-0.2, -0.15) is 0 Å². The zero-order valence-electron chi connectivity index (χ0n) is 12.9. The number of aliphatic imine (C=N–C) groups is 1. The minimum atomic E-state index is 0.162. The highest BCUT2D eigenvalue weighted by molar-refractivity contribution is 7.98. The number of phenolic OH excluding ortho intramolecular Hbond substituents is 1. The number of aromatic nitrogens is 3. The molecule has 23 heavy (non-hydrogen) atoms. The highest BCUT2D eigenvalue weighted by Gasteiger charge is 2.18. The Morgan fingerprint density at radius 3 is 2.61 bits per heavy atom. The van der Waals surface area contributed by atoms with Crippen LogP contribution in [-0.4, -0.2) is 32.8 Å². The maximum absolute atomic E-state index is 10.2. The molecule has 0 bridgehead atoms.